The van der Waals surface area contributed by atoms with Gasteiger partial charge in [0.1, 0.15) is 12.4 Å². The molecule has 0 aliphatic carbocycles. The van der Waals surface area contributed by atoms with Crippen LogP contribution in [0, 0.1) is 0 Å². The molecular formula is C16H23N3O2. The van der Waals surface area contributed by atoms with E-state index in [2.05, 4.69) is 23.7 Å². The summed E-state index contributed by atoms with van der Waals surface area (Å²) in [6, 6.07) is 7.70. The number of carbonyl (C=O) groups is 1. The highest BCUT2D eigenvalue weighted by atomic mass is 16.4. The summed E-state index contributed by atoms with van der Waals surface area (Å²) in [5, 5.41) is 9.14. The average Bonchev–Trinajstić information content (AvgIpc) is 2.81. The summed E-state index contributed by atoms with van der Waals surface area (Å²) in [5.74, 6) is -0.00689. The van der Waals surface area contributed by atoms with Gasteiger partial charge in [-0.1, -0.05) is 32.4 Å². The molecule has 0 amide bonds. The smallest absolute Gasteiger partial charge is 0.323 e. The Labute approximate surface area is 125 Å². The van der Waals surface area contributed by atoms with Gasteiger partial charge in [-0.2, -0.15) is 0 Å². The standard InChI is InChI=1S/C16H23N3O2/c1-3-5-10-18(4-2)11-15-17-13-8-6-7-9-14(13)19(15)12-16(20)21/h6-9H,3-5,10-12H2,1-2H3,(H,20,21). The van der Waals surface area contributed by atoms with E-state index in [-0.39, 0.29) is 6.54 Å². The van der Waals surface area contributed by atoms with Gasteiger partial charge in [-0.3, -0.25) is 9.69 Å². The number of hydrogen-bond acceptors (Lipinski definition) is 3. The summed E-state index contributed by atoms with van der Waals surface area (Å²) in [6.07, 6.45) is 2.30. The van der Waals surface area contributed by atoms with Crippen LogP contribution in [0.1, 0.15) is 32.5 Å². The molecule has 1 heterocycles. The quantitative estimate of drug-likeness (QED) is 0.812. The van der Waals surface area contributed by atoms with Crippen LogP contribution in [0.2, 0.25) is 0 Å². The topological polar surface area (TPSA) is 58.4 Å². The van der Waals surface area contributed by atoms with Crippen molar-refractivity contribution in [3.8, 4) is 0 Å². The van der Waals surface area contributed by atoms with E-state index in [0.29, 0.717) is 6.54 Å². The molecule has 5 nitrogen and oxygen atoms in total. The average molecular weight is 289 g/mol. The molecule has 0 spiro atoms. The van der Waals surface area contributed by atoms with Crippen LogP contribution >= 0.6 is 0 Å². The predicted octanol–water partition coefficient (Wildman–Crippen LogP) is 2.74. The lowest BCUT2D eigenvalue weighted by Crippen LogP contribution is -2.26. The molecule has 0 saturated heterocycles. The molecule has 21 heavy (non-hydrogen) atoms. The molecule has 114 valence electrons. The van der Waals surface area contributed by atoms with Crippen LogP contribution in [-0.4, -0.2) is 38.6 Å². The van der Waals surface area contributed by atoms with E-state index >= 15 is 0 Å². The van der Waals surface area contributed by atoms with Gasteiger partial charge in [-0.15, -0.1) is 0 Å². The van der Waals surface area contributed by atoms with Crippen molar-refractivity contribution in [1.82, 2.24) is 14.5 Å². The van der Waals surface area contributed by atoms with E-state index in [0.717, 1.165) is 42.8 Å². The molecule has 0 radical (unpaired) electrons. The van der Waals surface area contributed by atoms with Gasteiger partial charge >= 0.3 is 5.97 Å². The molecule has 0 unspecified atom stereocenters. The first kappa shape index (κ1) is 15.5. The molecule has 2 aromatic rings. The number of imidazole rings is 1. The zero-order valence-corrected chi connectivity index (χ0v) is 12.7. The Morgan fingerprint density at radius 2 is 2.10 bits per heavy atom. The normalized spacial score (nSPS) is 11.4. The van der Waals surface area contributed by atoms with Crippen LogP contribution in [0.15, 0.2) is 24.3 Å². The van der Waals surface area contributed by atoms with Crippen LogP contribution in [-0.2, 0) is 17.9 Å². The third-order valence-electron chi connectivity index (χ3n) is 3.67. The Morgan fingerprint density at radius 3 is 2.76 bits per heavy atom. The largest absolute Gasteiger partial charge is 0.480 e. The number of unbranched alkanes of at least 4 members (excludes halogenated alkanes) is 1. The van der Waals surface area contributed by atoms with E-state index in [9.17, 15) is 4.79 Å². The molecule has 2 rings (SSSR count). The number of hydrogen-bond donors (Lipinski definition) is 1. The number of aliphatic carboxylic acids is 1. The van der Waals surface area contributed by atoms with Gasteiger partial charge < -0.3 is 9.67 Å². The predicted molar refractivity (Wildman–Crippen MR) is 83.2 cm³/mol. The van der Waals surface area contributed by atoms with Crippen LogP contribution in [0.3, 0.4) is 0 Å². The number of carboxylic acid groups (broad SMARTS) is 1. The highest BCUT2D eigenvalue weighted by Crippen LogP contribution is 2.17. The van der Waals surface area contributed by atoms with E-state index in [1.54, 1.807) is 0 Å². The number of fused-ring (bicyclic) bond motifs is 1. The molecular weight excluding hydrogens is 266 g/mol. The van der Waals surface area contributed by atoms with Crippen molar-refractivity contribution in [2.45, 2.75) is 39.8 Å². The molecule has 1 aromatic heterocycles. The molecule has 0 atom stereocenters. The molecule has 0 aliphatic rings. The minimum atomic E-state index is -0.837. The first-order valence-corrected chi connectivity index (χ1v) is 7.54. The molecule has 0 bridgehead atoms. The molecule has 1 N–H and O–H groups in total. The zero-order valence-electron chi connectivity index (χ0n) is 12.7. The Kier molecular flexibility index (Phi) is 5.33. The van der Waals surface area contributed by atoms with E-state index in [1.165, 1.54) is 0 Å². The molecule has 1 aromatic carbocycles. The van der Waals surface area contributed by atoms with Crippen molar-refractivity contribution in [3.63, 3.8) is 0 Å². The fourth-order valence-electron chi connectivity index (χ4n) is 2.49. The summed E-state index contributed by atoms with van der Waals surface area (Å²) >= 11 is 0. The highest BCUT2D eigenvalue weighted by molar-refractivity contribution is 5.78. The Morgan fingerprint density at radius 1 is 1.33 bits per heavy atom. The summed E-state index contributed by atoms with van der Waals surface area (Å²) in [7, 11) is 0. The van der Waals surface area contributed by atoms with Crippen LogP contribution < -0.4 is 0 Å². The maximum absolute atomic E-state index is 11.1. The van der Waals surface area contributed by atoms with Gasteiger partial charge in [0.25, 0.3) is 0 Å². The van der Waals surface area contributed by atoms with E-state index < -0.39 is 5.97 Å². The fourth-order valence-corrected chi connectivity index (χ4v) is 2.49. The van der Waals surface area contributed by atoms with Gasteiger partial charge in [-0.25, -0.2) is 4.98 Å². The first-order chi connectivity index (χ1) is 10.2. The summed E-state index contributed by atoms with van der Waals surface area (Å²) in [4.78, 5) is 18.1. The minimum absolute atomic E-state index is 0.0405. The fraction of sp³-hybridized carbons (Fsp3) is 0.500. The van der Waals surface area contributed by atoms with E-state index in [4.69, 9.17) is 5.11 Å². The van der Waals surface area contributed by atoms with Crippen molar-refractivity contribution in [2.75, 3.05) is 13.1 Å². The second kappa shape index (κ2) is 7.22. The number of nitrogens with zero attached hydrogens (tertiary/aromatic N) is 3. The van der Waals surface area contributed by atoms with Crippen molar-refractivity contribution in [1.29, 1.82) is 0 Å². The van der Waals surface area contributed by atoms with Gasteiger partial charge in [0.15, 0.2) is 0 Å². The number of para-hydroxylation sites is 2. The zero-order chi connectivity index (χ0) is 15.2. The van der Waals surface area contributed by atoms with Crippen molar-refractivity contribution in [2.24, 2.45) is 0 Å². The van der Waals surface area contributed by atoms with Crippen molar-refractivity contribution in [3.05, 3.63) is 30.1 Å². The molecule has 0 aliphatic heterocycles. The second-order valence-electron chi connectivity index (χ2n) is 5.22. The van der Waals surface area contributed by atoms with Crippen molar-refractivity contribution >= 4 is 17.0 Å². The second-order valence-corrected chi connectivity index (χ2v) is 5.22. The number of rotatable bonds is 8. The maximum atomic E-state index is 11.1. The number of benzene rings is 1. The SMILES string of the molecule is CCCCN(CC)Cc1nc2ccccc2n1CC(=O)O. The molecule has 5 heteroatoms. The lowest BCUT2D eigenvalue weighted by Gasteiger charge is -2.20. The van der Waals surface area contributed by atoms with Gasteiger partial charge in [-0.05, 0) is 31.6 Å². The maximum Gasteiger partial charge on any atom is 0.323 e. The lowest BCUT2D eigenvalue weighted by atomic mass is 10.3. The first-order valence-electron chi connectivity index (χ1n) is 7.54. The summed E-state index contributed by atoms with van der Waals surface area (Å²) < 4.78 is 1.81. The third kappa shape index (κ3) is 3.82. The lowest BCUT2D eigenvalue weighted by molar-refractivity contribution is -0.137. The van der Waals surface area contributed by atoms with Crippen molar-refractivity contribution < 1.29 is 9.90 Å². The van der Waals surface area contributed by atoms with Crippen LogP contribution in [0.5, 0.6) is 0 Å². The van der Waals surface area contributed by atoms with Crippen LogP contribution in [0.25, 0.3) is 11.0 Å². The summed E-state index contributed by atoms with van der Waals surface area (Å²) in [5.41, 5.74) is 1.75. The van der Waals surface area contributed by atoms with Gasteiger partial charge in [0.05, 0.1) is 17.6 Å². The highest BCUT2D eigenvalue weighted by Gasteiger charge is 2.15. The third-order valence-corrected chi connectivity index (χ3v) is 3.67. The summed E-state index contributed by atoms with van der Waals surface area (Å²) in [6.45, 7) is 6.91. The van der Waals surface area contributed by atoms with Gasteiger partial charge in [0.2, 0.25) is 0 Å². The number of carboxylic acids is 1. The van der Waals surface area contributed by atoms with Crippen LogP contribution in [0.4, 0.5) is 0 Å². The van der Waals surface area contributed by atoms with Gasteiger partial charge in [0, 0.05) is 0 Å². The Hall–Kier alpha value is -1.88. The number of aromatic nitrogens is 2. The Balaban J connectivity index is 2.30. The molecule has 0 fully saturated rings. The monoisotopic (exact) mass is 289 g/mol. The minimum Gasteiger partial charge on any atom is -0.480 e. The van der Waals surface area contributed by atoms with E-state index in [1.807, 2.05) is 28.8 Å². The molecule has 0 saturated carbocycles. The Bertz CT molecular complexity index is 607.